The lowest BCUT2D eigenvalue weighted by Crippen LogP contribution is -2.29. The molecule has 3 aromatic rings. The summed E-state index contributed by atoms with van der Waals surface area (Å²) >= 11 is 0. The van der Waals surface area contributed by atoms with Gasteiger partial charge in [0.25, 0.3) is 5.56 Å². The highest BCUT2D eigenvalue weighted by atomic mass is 16.1. The molecule has 0 saturated heterocycles. The standard InChI is InChI=1S/C22H24N4O2/c27-21(12-16-6-1-2-7-16)24-14-20-18-9-3-4-10-19(18)22(28)26(25-20)15-17-8-5-11-23-13-17/h3-5,8-11,13,16H,1-2,6-7,12,14-15H2,(H,24,27). The summed E-state index contributed by atoms with van der Waals surface area (Å²) in [7, 11) is 0. The molecule has 0 radical (unpaired) electrons. The van der Waals surface area contributed by atoms with E-state index in [4.69, 9.17) is 0 Å². The van der Waals surface area contributed by atoms with Crippen molar-refractivity contribution in [3.05, 3.63) is 70.4 Å². The molecule has 1 saturated carbocycles. The molecule has 1 aromatic carbocycles. The largest absolute Gasteiger partial charge is 0.350 e. The number of rotatable bonds is 6. The van der Waals surface area contributed by atoms with E-state index in [1.807, 2.05) is 36.4 Å². The zero-order chi connectivity index (χ0) is 19.3. The molecule has 0 spiro atoms. The maximum atomic E-state index is 12.8. The second kappa shape index (κ2) is 8.33. The highest BCUT2D eigenvalue weighted by Gasteiger charge is 2.19. The molecule has 144 valence electrons. The van der Waals surface area contributed by atoms with Gasteiger partial charge in [-0.05, 0) is 36.5 Å². The molecular weight excluding hydrogens is 352 g/mol. The molecule has 6 nitrogen and oxygen atoms in total. The fourth-order valence-electron chi connectivity index (χ4n) is 3.94. The number of nitrogens with zero attached hydrogens (tertiary/aromatic N) is 3. The Kier molecular flexibility index (Phi) is 5.46. The summed E-state index contributed by atoms with van der Waals surface area (Å²) in [6, 6.07) is 11.2. The van der Waals surface area contributed by atoms with Crippen molar-refractivity contribution in [1.82, 2.24) is 20.1 Å². The molecule has 0 aliphatic heterocycles. The molecule has 0 atom stereocenters. The first-order valence-electron chi connectivity index (χ1n) is 9.85. The van der Waals surface area contributed by atoms with Gasteiger partial charge in [-0.2, -0.15) is 5.10 Å². The van der Waals surface area contributed by atoms with Crippen molar-refractivity contribution in [2.75, 3.05) is 0 Å². The average Bonchev–Trinajstić information content (AvgIpc) is 3.23. The number of aromatic nitrogens is 3. The Bertz CT molecular complexity index is 1020. The first kappa shape index (κ1) is 18.3. The van der Waals surface area contributed by atoms with Crippen molar-refractivity contribution in [2.45, 2.75) is 45.2 Å². The van der Waals surface area contributed by atoms with Gasteiger partial charge < -0.3 is 5.32 Å². The molecule has 2 heterocycles. The van der Waals surface area contributed by atoms with Crippen LogP contribution < -0.4 is 10.9 Å². The molecule has 0 unspecified atom stereocenters. The van der Waals surface area contributed by atoms with Gasteiger partial charge in [0.1, 0.15) is 0 Å². The summed E-state index contributed by atoms with van der Waals surface area (Å²) in [6.07, 6.45) is 8.74. The van der Waals surface area contributed by atoms with Crippen LogP contribution in [0, 0.1) is 5.92 Å². The van der Waals surface area contributed by atoms with Gasteiger partial charge >= 0.3 is 0 Å². The number of nitrogens with one attached hydrogen (secondary N) is 1. The number of carbonyl (C=O) groups is 1. The minimum atomic E-state index is -0.138. The average molecular weight is 376 g/mol. The van der Waals surface area contributed by atoms with Gasteiger partial charge in [0.05, 0.1) is 24.2 Å². The zero-order valence-electron chi connectivity index (χ0n) is 15.8. The van der Waals surface area contributed by atoms with Crippen molar-refractivity contribution in [3.63, 3.8) is 0 Å². The van der Waals surface area contributed by atoms with Gasteiger partial charge in [0, 0.05) is 24.2 Å². The molecule has 1 amide bonds. The molecule has 2 aromatic heterocycles. The van der Waals surface area contributed by atoms with E-state index in [0.29, 0.717) is 36.5 Å². The van der Waals surface area contributed by atoms with Gasteiger partial charge in [0.15, 0.2) is 0 Å². The predicted molar refractivity (Wildman–Crippen MR) is 108 cm³/mol. The number of hydrogen-bond acceptors (Lipinski definition) is 4. The summed E-state index contributed by atoms with van der Waals surface area (Å²) in [5.74, 6) is 0.562. The van der Waals surface area contributed by atoms with E-state index >= 15 is 0 Å². The highest BCUT2D eigenvalue weighted by molar-refractivity contribution is 5.84. The summed E-state index contributed by atoms with van der Waals surface area (Å²) in [5, 5.41) is 8.96. The summed E-state index contributed by atoms with van der Waals surface area (Å²) < 4.78 is 1.46. The van der Waals surface area contributed by atoms with Gasteiger partial charge in [-0.3, -0.25) is 14.6 Å². The molecule has 1 fully saturated rings. The maximum absolute atomic E-state index is 12.8. The van der Waals surface area contributed by atoms with Crippen LogP contribution in [0.15, 0.2) is 53.6 Å². The van der Waals surface area contributed by atoms with Crippen LogP contribution in [0.5, 0.6) is 0 Å². The van der Waals surface area contributed by atoms with E-state index < -0.39 is 0 Å². The van der Waals surface area contributed by atoms with Crippen LogP contribution in [0.3, 0.4) is 0 Å². The Morgan fingerprint density at radius 3 is 2.64 bits per heavy atom. The van der Waals surface area contributed by atoms with E-state index in [1.165, 1.54) is 17.5 Å². The summed E-state index contributed by atoms with van der Waals surface area (Å²) in [6.45, 7) is 0.667. The van der Waals surface area contributed by atoms with E-state index in [-0.39, 0.29) is 11.5 Å². The van der Waals surface area contributed by atoms with Crippen molar-refractivity contribution < 1.29 is 4.79 Å². The van der Waals surface area contributed by atoms with Crippen molar-refractivity contribution >= 4 is 16.7 Å². The van der Waals surface area contributed by atoms with Crippen molar-refractivity contribution in [2.24, 2.45) is 5.92 Å². The van der Waals surface area contributed by atoms with Crippen LogP contribution >= 0.6 is 0 Å². The topological polar surface area (TPSA) is 76.9 Å². The second-order valence-corrected chi connectivity index (χ2v) is 7.45. The lowest BCUT2D eigenvalue weighted by Gasteiger charge is -2.13. The second-order valence-electron chi connectivity index (χ2n) is 7.45. The number of benzene rings is 1. The monoisotopic (exact) mass is 376 g/mol. The Labute approximate surface area is 163 Å². The quantitative estimate of drug-likeness (QED) is 0.717. The Balaban J connectivity index is 1.58. The fourth-order valence-corrected chi connectivity index (χ4v) is 3.94. The van der Waals surface area contributed by atoms with Crippen LogP contribution in [-0.2, 0) is 17.9 Å². The smallest absolute Gasteiger partial charge is 0.274 e. The van der Waals surface area contributed by atoms with E-state index in [9.17, 15) is 9.59 Å². The third kappa shape index (κ3) is 4.11. The van der Waals surface area contributed by atoms with Gasteiger partial charge in [-0.25, -0.2) is 4.68 Å². The molecule has 1 N–H and O–H groups in total. The normalized spacial score (nSPS) is 14.4. The van der Waals surface area contributed by atoms with E-state index in [0.717, 1.165) is 23.8 Å². The van der Waals surface area contributed by atoms with Crippen LogP contribution in [0.2, 0.25) is 0 Å². The zero-order valence-corrected chi connectivity index (χ0v) is 15.8. The lowest BCUT2D eigenvalue weighted by molar-refractivity contribution is -0.122. The number of amides is 1. The Morgan fingerprint density at radius 2 is 1.89 bits per heavy atom. The highest BCUT2D eigenvalue weighted by Crippen LogP contribution is 2.27. The van der Waals surface area contributed by atoms with Crippen LogP contribution in [0.4, 0.5) is 0 Å². The number of pyridine rings is 1. The lowest BCUT2D eigenvalue weighted by atomic mass is 10.0. The molecule has 0 bridgehead atoms. The SMILES string of the molecule is O=C(CC1CCCC1)NCc1nn(Cc2cccnc2)c(=O)c2ccccc12. The fraction of sp³-hybridized carbons (Fsp3) is 0.364. The van der Waals surface area contributed by atoms with E-state index in [1.54, 1.807) is 12.4 Å². The van der Waals surface area contributed by atoms with Crippen LogP contribution in [0.25, 0.3) is 10.8 Å². The van der Waals surface area contributed by atoms with Gasteiger partial charge in [-0.1, -0.05) is 37.1 Å². The van der Waals surface area contributed by atoms with Crippen molar-refractivity contribution in [3.8, 4) is 0 Å². The minimum Gasteiger partial charge on any atom is -0.350 e. The summed E-state index contributed by atoms with van der Waals surface area (Å²) in [5.41, 5.74) is 1.47. The van der Waals surface area contributed by atoms with E-state index in [2.05, 4.69) is 15.4 Å². The predicted octanol–water partition coefficient (Wildman–Crippen LogP) is 3.04. The first-order chi connectivity index (χ1) is 13.7. The molecule has 4 rings (SSSR count). The molecular formula is C22H24N4O2. The molecule has 1 aliphatic carbocycles. The van der Waals surface area contributed by atoms with Gasteiger partial charge in [-0.15, -0.1) is 0 Å². The summed E-state index contributed by atoms with van der Waals surface area (Å²) in [4.78, 5) is 29.3. The van der Waals surface area contributed by atoms with Gasteiger partial charge in [0.2, 0.25) is 5.91 Å². The van der Waals surface area contributed by atoms with Crippen molar-refractivity contribution in [1.29, 1.82) is 0 Å². The number of fused-ring (bicyclic) bond motifs is 1. The maximum Gasteiger partial charge on any atom is 0.274 e. The Hall–Kier alpha value is -3.02. The van der Waals surface area contributed by atoms with Crippen LogP contribution in [0.1, 0.15) is 43.4 Å². The Morgan fingerprint density at radius 1 is 1.11 bits per heavy atom. The molecule has 1 aliphatic rings. The van der Waals surface area contributed by atoms with Crippen LogP contribution in [-0.4, -0.2) is 20.7 Å². The number of carbonyl (C=O) groups excluding carboxylic acids is 1. The third-order valence-corrected chi connectivity index (χ3v) is 5.40. The number of hydrogen-bond donors (Lipinski definition) is 1. The minimum absolute atomic E-state index is 0.0581. The molecule has 28 heavy (non-hydrogen) atoms. The molecule has 6 heteroatoms. The first-order valence-corrected chi connectivity index (χ1v) is 9.85. The third-order valence-electron chi connectivity index (χ3n) is 5.40.